The molecule has 2 rings (SSSR count). The molecule has 0 spiro atoms. The van der Waals surface area contributed by atoms with E-state index in [0.717, 1.165) is 25.8 Å². The fourth-order valence-electron chi connectivity index (χ4n) is 2.84. The van der Waals surface area contributed by atoms with Gasteiger partial charge in [0.2, 0.25) is 0 Å². The Hall–Kier alpha value is -1.61. The maximum Gasteiger partial charge on any atom is 0.0702 e. The number of hydrogen-bond acceptors (Lipinski definition) is 2. The Balaban J connectivity index is 2.26. The Morgan fingerprint density at radius 2 is 1.86 bits per heavy atom. The molecule has 1 N–H and O–H groups in total. The van der Waals surface area contributed by atoms with Gasteiger partial charge in [-0.3, -0.25) is 4.68 Å². The second kappa shape index (κ2) is 7.41. The van der Waals surface area contributed by atoms with Crippen LogP contribution in [0.1, 0.15) is 50.9 Å². The lowest BCUT2D eigenvalue weighted by molar-refractivity contribution is 0.537. The van der Waals surface area contributed by atoms with Crippen molar-refractivity contribution in [3.8, 4) is 11.1 Å². The average molecular weight is 285 g/mol. The van der Waals surface area contributed by atoms with Gasteiger partial charge in [0, 0.05) is 24.8 Å². The molecule has 3 nitrogen and oxygen atoms in total. The zero-order valence-electron chi connectivity index (χ0n) is 13.7. The third-order valence-electron chi connectivity index (χ3n) is 3.87. The molecule has 0 saturated heterocycles. The summed E-state index contributed by atoms with van der Waals surface area (Å²) in [7, 11) is 2.00. The maximum absolute atomic E-state index is 4.58. The van der Waals surface area contributed by atoms with E-state index in [4.69, 9.17) is 0 Å². The molecule has 0 aliphatic rings. The number of hydrogen-bond donors (Lipinski definition) is 1. The van der Waals surface area contributed by atoms with Crippen molar-refractivity contribution < 1.29 is 0 Å². The summed E-state index contributed by atoms with van der Waals surface area (Å²) in [6.07, 6.45) is 5.40. The van der Waals surface area contributed by atoms with Crippen LogP contribution in [0.3, 0.4) is 0 Å². The largest absolute Gasteiger partial charge is 0.310 e. The molecule has 1 heterocycles. The van der Waals surface area contributed by atoms with Gasteiger partial charge in [0.25, 0.3) is 0 Å². The van der Waals surface area contributed by atoms with Gasteiger partial charge in [-0.15, -0.1) is 0 Å². The number of aryl methyl sites for hydroxylation is 2. The molecule has 0 aliphatic carbocycles. The first-order valence-electron chi connectivity index (χ1n) is 8.05. The zero-order valence-corrected chi connectivity index (χ0v) is 13.7. The minimum absolute atomic E-state index is 0.452. The second-order valence-electron chi connectivity index (χ2n) is 5.55. The molecule has 1 aromatic heterocycles. The molecule has 3 heteroatoms. The van der Waals surface area contributed by atoms with Gasteiger partial charge < -0.3 is 5.32 Å². The van der Waals surface area contributed by atoms with E-state index in [2.05, 4.69) is 61.6 Å². The third kappa shape index (κ3) is 3.73. The monoisotopic (exact) mass is 285 g/mol. The van der Waals surface area contributed by atoms with E-state index in [1.165, 1.54) is 22.4 Å². The molecular formula is C18H27N3. The van der Waals surface area contributed by atoms with E-state index >= 15 is 0 Å². The normalized spacial score (nSPS) is 12.6. The summed E-state index contributed by atoms with van der Waals surface area (Å²) in [5.41, 5.74) is 5.10. The van der Waals surface area contributed by atoms with Crippen molar-refractivity contribution in [2.24, 2.45) is 7.05 Å². The summed E-state index contributed by atoms with van der Waals surface area (Å²) < 4.78 is 1.92. The Bertz CT molecular complexity index is 554. The highest BCUT2D eigenvalue weighted by atomic mass is 15.2. The van der Waals surface area contributed by atoms with Gasteiger partial charge >= 0.3 is 0 Å². The first-order chi connectivity index (χ1) is 10.2. The van der Waals surface area contributed by atoms with Gasteiger partial charge in [-0.1, -0.05) is 51.5 Å². The van der Waals surface area contributed by atoms with Gasteiger partial charge in [-0.2, -0.15) is 5.10 Å². The number of benzene rings is 1. The van der Waals surface area contributed by atoms with Crippen LogP contribution in [0.2, 0.25) is 0 Å². The quantitative estimate of drug-likeness (QED) is 0.830. The predicted molar refractivity (Wildman–Crippen MR) is 89.3 cm³/mol. The van der Waals surface area contributed by atoms with Gasteiger partial charge in [-0.25, -0.2) is 0 Å². The van der Waals surface area contributed by atoms with Gasteiger partial charge in [0.15, 0.2) is 0 Å². The van der Waals surface area contributed by atoms with E-state index in [0.29, 0.717) is 6.04 Å². The highest BCUT2D eigenvalue weighted by molar-refractivity contribution is 5.65. The van der Waals surface area contributed by atoms with Crippen molar-refractivity contribution in [2.75, 3.05) is 6.54 Å². The van der Waals surface area contributed by atoms with Crippen LogP contribution in [0, 0.1) is 0 Å². The minimum Gasteiger partial charge on any atom is -0.310 e. The SMILES string of the molecule is CCCc1nn(C)cc1-c1ccc(C(CC)NCC)cc1. The molecule has 0 aliphatic heterocycles. The number of rotatable bonds is 7. The van der Waals surface area contributed by atoms with E-state index in [9.17, 15) is 0 Å². The van der Waals surface area contributed by atoms with Gasteiger partial charge in [0.1, 0.15) is 0 Å². The molecular weight excluding hydrogens is 258 g/mol. The van der Waals surface area contributed by atoms with E-state index in [1.54, 1.807) is 0 Å². The van der Waals surface area contributed by atoms with Crippen LogP contribution in [0.4, 0.5) is 0 Å². The van der Waals surface area contributed by atoms with Crippen LogP contribution in [0.15, 0.2) is 30.5 Å². The minimum atomic E-state index is 0.452. The molecule has 1 unspecified atom stereocenters. The van der Waals surface area contributed by atoms with Crippen molar-refractivity contribution in [1.29, 1.82) is 0 Å². The standard InChI is InChI=1S/C18H27N3/c1-5-8-18-16(13-21(4)20-18)14-9-11-15(12-10-14)17(6-2)19-7-3/h9-13,17,19H,5-8H2,1-4H3. The summed E-state index contributed by atoms with van der Waals surface area (Å²) in [5.74, 6) is 0. The molecule has 0 saturated carbocycles. The first-order valence-corrected chi connectivity index (χ1v) is 8.05. The summed E-state index contributed by atoms with van der Waals surface area (Å²) in [6.45, 7) is 7.58. The Morgan fingerprint density at radius 1 is 1.14 bits per heavy atom. The third-order valence-corrected chi connectivity index (χ3v) is 3.87. The molecule has 114 valence electrons. The Kier molecular flexibility index (Phi) is 5.57. The zero-order chi connectivity index (χ0) is 15.2. The second-order valence-corrected chi connectivity index (χ2v) is 5.55. The van der Waals surface area contributed by atoms with Crippen molar-refractivity contribution in [3.63, 3.8) is 0 Å². The molecule has 2 aromatic rings. The molecule has 0 fully saturated rings. The Labute approximate surface area is 128 Å². The predicted octanol–water partition coefficient (Wildman–Crippen LogP) is 4.10. The smallest absolute Gasteiger partial charge is 0.0702 e. The van der Waals surface area contributed by atoms with Crippen molar-refractivity contribution in [2.45, 2.75) is 46.1 Å². The first kappa shape index (κ1) is 15.8. The van der Waals surface area contributed by atoms with E-state index < -0.39 is 0 Å². The maximum atomic E-state index is 4.58. The van der Waals surface area contributed by atoms with Crippen LogP contribution < -0.4 is 5.32 Å². The number of nitrogens with zero attached hydrogens (tertiary/aromatic N) is 2. The Morgan fingerprint density at radius 3 is 2.43 bits per heavy atom. The van der Waals surface area contributed by atoms with Crippen molar-refractivity contribution in [1.82, 2.24) is 15.1 Å². The van der Waals surface area contributed by atoms with Crippen molar-refractivity contribution in [3.05, 3.63) is 41.7 Å². The van der Waals surface area contributed by atoms with E-state index in [1.807, 2.05) is 11.7 Å². The topological polar surface area (TPSA) is 29.9 Å². The molecule has 1 atom stereocenters. The van der Waals surface area contributed by atoms with Crippen LogP contribution in [0.5, 0.6) is 0 Å². The van der Waals surface area contributed by atoms with E-state index in [-0.39, 0.29) is 0 Å². The van der Waals surface area contributed by atoms with Crippen LogP contribution >= 0.6 is 0 Å². The molecule has 21 heavy (non-hydrogen) atoms. The summed E-state index contributed by atoms with van der Waals surface area (Å²) >= 11 is 0. The highest BCUT2D eigenvalue weighted by Crippen LogP contribution is 2.26. The van der Waals surface area contributed by atoms with Crippen LogP contribution in [-0.2, 0) is 13.5 Å². The van der Waals surface area contributed by atoms with Gasteiger partial charge in [0.05, 0.1) is 5.69 Å². The number of nitrogens with one attached hydrogen (secondary N) is 1. The lowest BCUT2D eigenvalue weighted by Gasteiger charge is -2.16. The van der Waals surface area contributed by atoms with Crippen LogP contribution in [0.25, 0.3) is 11.1 Å². The lowest BCUT2D eigenvalue weighted by Crippen LogP contribution is -2.19. The van der Waals surface area contributed by atoms with Gasteiger partial charge in [-0.05, 0) is 30.5 Å². The fourth-order valence-corrected chi connectivity index (χ4v) is 2.84. The summed E-state index contributed by atoms with van der Waals surface area (Å²) in [4.78, 5) is 0. The molecule has 0 radical (unpaired) electrons. The molecule has 0 amide bonds. The average Bonchev–Trinajstić information content (AvgIpc) is 2.86. The van der Waals surface area contributed by atoms with Crippen LogP contribution in [-0.4, -0.2) is 16.3 Å². The fraction of sp³-hybridized carbons (Fsp3) is 0.500. The summed E-state index contributed by atoms with van der Waals surface area (Å²) in [6, 6.07) is 9.40. The highest BCUT2D eigenvalue weighted by Gasteiger charge is 2.11. The molecule has 1 aromatic carbocycles. The van der Waals surface area contributed by atoms with Crippen molar-refractivity contribution >= 4 is 0 Å². The lowest BCUT2D eigenvalue weighted by atomic mass is 9.99. The number of aromatic nitrogens is 2. The summed E-state index contributed by atoms with van der Waals surface area (Å²) in [5, 5.41) is 8.11. The molecule has 0 bridgehead atoms.